The number of nitrogens with zero attached hydrogens (tertiary/aromatic N) is 2. The molecule has 1 N–H and O–H groups in total. The fourth-order valence-corrected chi connectivity index (χ4v) is 6.19. The van der Waals surface area contributed by atoms with Gasteiger partial charge in [0.15, 0.2) is 11.5 Å². The minimum absolute atomic E-state index is 0.0119. The van der Waals surface area contributed by atoms with Crippen molar-refractivity contribution >= 4 is 32.4 Å². The van der Waals surface area contributed by atoms with Crippen molar-refractivity contribution in [2.45, 2.75) is 31.2 Å². The summed E-state index contributed by atoms with van der Waals surface area (Å²) in [5, 5.41) is 3.29. The van der Waals surface area contributed by atoms with Crippen molar-refractivity contribution in [2.75, 3.05) is 39.7 Å². The number of hydrogen-bond acceptors (Lipinski definition) is 7. The Kier molecular flexibility index (Phi) is 7.74. The summed E-state index contributed by atoms with van der Waals surface area (Å²) < 4.78 is 45.8. The van der Waals surface area contributed by atoms with Gasteiger partial charge in [-0.25, -0.2) is 8.42 Å². The molecule has 198 valence electrons. The average Bonchev–Trinajstić information content (AvgIpc) is 2.89. The number of methoxy groups -OCH3 is 3. The molecule has 0 atom stereocenters. The number of hydrogen-bond donors (Lipinski definition) is 1. The van der Waals surface area contributed by atoms with Crippen LogP contribution in [-0.2, 0) is 21.4 Å². The molecule has 1 saturated heterocycles. The molecule has 37 heavy (non-hydrogen) atoms. The molecule has 1 fully saturated rings. The number of aromatic nitrogens is 1. The SMILES string of the molecule is COc1cc(NC(=O)Cn2cc(S(=O)(=O)N3CCC(C)CC3)c3ccccc3c2=O)cc(OC)c1OC. The van der Waals surface area contributed by atoms with Crippen molar-refractivity contribution in [1.29, 1.82) is 0 Å². The summed E-state index contributed by atoms with van der Waals surface area (Å²) in [6.07, 6.45) is 2.81. The molecule has 2 aromatic carbocycles. The van der Waals surface area contributed by atoms with Crippen molar-refractivity contribution in [1.82, 2.24) is 8.87 Å². The topological polar surface area (TPSA) is 116 Å². The lowest BCUT2D eigenvalue weighted by atomic mass is 10.0. The zero-order chi connectivity index (χ0) is 26.7. The van der Waals surface area contributed by atoms with Crippen molar-refractivity contribution < 1.29 is 27.4 Å². The highest BCUT2D eigenvalue weighted by molar-refractivity contribution is 7.89. The van der Waals surface area contributed by atoms with Crippen LogP contribution in [0.3, 0.4) is 0 Å². The van der Waals surface area contributed by atoms with Gasteiger partial charge in [-0.15, -0.1) is 0 Å². The largest absolute Gasteiger partial charge is 0.493 e. The molecule has 4 rings (SSSR count). The van der Waals surface area contributed by atoms with Gasteiger partial charge in [0.2, 0.25) is 21.7 Å². The van der Waals surface area contributed by atoms with Crippen LogP contribution in [0.2, 0.25) is 0 Å². The molecular formula is C26H31N3O7S. The van der Waals surface area contributed by atoms with E-state index in [1.807, 2.05) is 0 Å². The average molecular weight is 530 g/mol. The third-order valence-corrected chi connectivity index (χ3v) is 8.51. The smallest absolute Gasteiger partial charge is 0.258 e. The third-order valence-electron chi connectivity index (χ3n) is 6.58. The number of rotatable bonds is 8. The molecule has 10 nitrogen and oxygen atoms in total. The summed E-state index contributed by atoms with van der Waals surface area (Å²) in [7, 11) is 0.518. The lowest BCUT2D eigenvalue weighted by Crippen LogP contribution is -2.38. The Balaban J connectivity index is 1.69. The zero-order valence-electron chi connectivity index (χ0n) is 21.3. The minimum atomic E-state index is -3.88. The number of benzene rings is 2. The highest BCUT2D eigenvalue weighted by Crippen LogP contribution is 2.40. The Bertz CT molecular complexity index is 1450. The van der Waals surface area contributed by atoms with E-state index in [1.165, 1.54) is 31.8 Å². The third kappa shape index (κ3) is 5.28. The molecule has 0 saturated carbocycles. The second-order valence-electron chi connectivity index (χ2n) is 9.02. The highest BCUT2D eigenvalue weighted by Gasteiger charge is 2.30. The van der Waals surface area contributed by atoms with Gasteiger partial charge in [0, 0.05) is 47.9 Å². The first-order valence-corrected chi connectivity index (χ1v) is 13.4. The number of fused-ring (bicyclic) bond motifs is 1. The molecule has 3 aromatic rings. The number of ether oxygens (including phenoxy) is 3. The maximum atomic E-state index is 13.6. The van der Waals surface area contributed by atoms with Gasteiger partial charge in [0.05, 0.1) is 21.3 Å². The van der Waals surface area contributed by atoms with E-state index < -0.39 is 21.5 Å². The molecule has 0 unspecified atom stereocenters. The van der Waals surface area contributed by atoms with Crippen LogP contribution >= 0.6 is 0 Å². The Morgan fingerprint density at radius 1 is 1.00 bits per heavy atom. The molecule has 2 heterocycles. The highest BCUT2D eigenvalue weighted by atomic mass is 32.2. The molecule has 1 amide bonds. The number of anilines is 1. The molecular weight excluding hydrogens is 498 g/mol. The molecule has 11 heteroatoms. The van der Waals surface area contributed by atoms with Crippen molar-refractivity contribution in [3.63, 3.8) is 0 Å². The van der Waals surface area contributed by atoms with E-state index in [1.54, 1.807) is 36.4 Å². The van der Waals surface area contributed by atoms with Gasteiger partial charge >= 0.3 is 0 Å². The van der Waals surface area contributed by atoms with E-state index in [2.05, 4.69) is 12.2 Å². The standard InChI is InChI=1S/C26H31N3O7S/c1-17-9-11-29(12-10-17)37(32,33)23-15-28(26(31)20-8-6-5-7-19(20)23)16-24(30)27-18-13-21(34-2)25(36-4)22(14-18)35-3/h5-8,13-15,17H,9-12,16H2,1-4H3,(H,27,30). The van der Waals surface area contributed by atoms with E-state index in [9.17, 15) is 18.0 Å². The van der Waals surface area contributed by atoms with E-state index in [-0.39, 0.29) is 16.8 Å². The van der Waals surface area contributed by atoms with E-state index in [0.29, 0.717) is 47.3 Å². The number of amides is 1. The van der Waals surface area contributed by atoms with Crippen LogP contribution in [0, 0.1) is 5.92 Å². The summed E-state index contributed by atoms with van der Waals surface area (Å²) in [5.41, 5.74) is -0.0921. The zero-order valence-corrected chi connectivity index (χ0v) is 22.1. The van der Waals surface area contributed by atoms with Crippen molar-refractivity contribution in [3.05, 3.63) is 52.9 Å². The summed E-state index contributed by atoms with van der Waals surface area (Å²) in [6.45, 7) is 2.54. The number of nitrogens with one attached hydrogen (secondary N) is 1. The Hall–Kier alpha value is -3.57. The molecule has 0 radical (unpaired) electrons. The van der Waals surface area contributed by atoms with Gasteiger partial charge in [-0.2, -0.15) is 4.31 Å². The number of carbonyl (C=O) groups is 1. The first-order valence-electron chi connectivity index (χ1n) is 11.9. The minimum Gasteiger partial charge on any atom is -0.493 e. The normalized spacial score (nSPS) is 14.9. The van der Waals surface area contributed by atoms with Crippen molar-refractivity contribution in [3.8, 4) is 17.2 Å². The molecule has 0 bridgehead atoms. The van der Waals surface area contributed by atoms with Crippen LogP contribution in [-0.4, -0.2) is 57.6 Å². The van der Waals surface area contributed by atoms with Gasteiger partial charge in [-0.3, -0.25) is 9.59 Å². The molecule has 1 aliphatic heterocycles. The first-order chi connectivity index (χ1) is 17.7. The second-order valence-corrected chi connectivity index (χ2v) is 10.9. The van der Waals surface area contributed by atoms with Crippen LogP contribution in [0.5, 0.6) is 17.2 Å². The van der Waals surface area contributed by atoms with Gasteiger partial charge in [0.1, 0.15) is 11.4 Å². The number of piperidine rings is 1. The Morgan fingerprint density at radius 3 is 2.16 bits per heavy atom. The van der Waals surface area contributed by atoms with E-state index in [0.717, 1.165) is 17.4 Å². The molecule has 0 aliphatic carbocycles. The van der Waals surface area contributed by atoms with Crippen LogP contribution in [0.1, 0.15) is 19.8 Å². The first kappa shape index (κ1) is 26.5. The van der Waals surface area contributed by atoms with Crippen LogP contribution in [0.15, 0.2) is 52.3 Å². The van der Waals surface area contributed by atoms with Crippen LogP contribution < -0.4 is 25.1 Å². The van der Waals surface area contributed by atoms with Gasteiger partial charge in [0.25, 0.3) is 5.56 Å². The lowest BCUT2D eigenvalue weighted by Gasteiger charge is -2.30. The van der Waals surface area contributed by atoms with Gasteiger partial charge in [-0.1, -0.05) is 25.1 Å². The molecule has 0 spiro atoms. The number of sulfonamides is 1. The maximum absolute atomic E-state index is 13.6. The van der Waals surface area contributed by atoms with Gasteiger partial charge in [-0.05, 0) is 24.8 Å². The second kappa shape index (κ2) is 10.8. The number of pyridine rings is 1. The Labute approximate surface area is 215 Å². The summed E-state index contributed by atoms with van der Waals surface area (Å²) >= 11 is 0. The fourth-order valence-electron chi connectivity index (χ4n) is 4.50. The maximum Gasteiger partial charge on any atom is 0.258 e. The van der Waals surface area contributed by atoms with E-state index in [4.69, 9.17) is 14.2 Å². The van der Waals surface area contributed by atoms with Crippen LogP contribution in [0.25, 0.3) is 10.8 Å². The quantitative estimate of drug-likeness (QED) is 0.477. The summed E-state index contributed by atoms with van der Waals surface area (Å²) in [4.78, 5) is 26.2. The van der Waals surface area contributed by atoms with E-state index >= 15 is 0 Å². The van der Waals surface area contributed by atoms with Crippen molar-refractivity contribution in [2.24, 2.45) is 5.92 Å². The lowest BCUT2D eigenvalue weighted by molar-refractivity contribution is -0.116. The Morgan fingerprint density at radius 2 is 1.59 bits per heavy atom. The molecule has 1 aliphatic rings. The molecule has 1 aromatic heterocycles. The van der Waals surface area contributed by atoms with Crippen LogP contribution in [0.4, 0.5) is 5.69 Å². The van der Waals surface area contributed by atoms with Gasteiger partial charge < -0.3 is 24.1 Å². The predicted octanol–water partition coefficient (Wildman–Crippen LogP) is 3.09. The fraction of sp³-hybridized carbons (Fsp3) is 0.385. The summed E-state index contributed by atoms with van der Waals surface area (Å²) in [6, 6.07) is 9.69. The number of carbonyl (C=O) groups excluding carboxylic acids is 1. The monoisotopic (exact) mass is 529 g/mol. The predicted molar refractivity (Wildman–Crippen MR) is 140 cm³/mol. The summed E-state index contributed by atoms with van der Waals surface area (Å²) in [5.74, 6) is 1.00.